The highest BCUT2D eigenvalue weighted by Gasteiger charge is 2.39. The van der Waals surface area contributed by atoms with Crippen molar-refractivity contribution in [1.29, 1.82) is 0 Å². The normalized spacial score (nSPS) is 14.8. The van der Waals surface area contributed by atoms with Crippen LogP contribution in [-0.4, -0.2) is 48.5 Å². The Labute approximate surface area is 94.4 Å². The highest BCUT2D eigenvalue weighted by Crippen LogP contribution is 2.26. The average Bonchev–Trinajstić information content (AvgIpc) is 2.15. The van der Waals surface area contributed by atoms with Crippen LogP contribution in [0.1, 0.15) is 20.3 Å². The van der Waals surface area contributed by atoms with Crippen LogP contribution in [-0.2, 0) is 0 Å². The number of halogens is 3. The molecule has 98 valence electrons. The van der Waals surface area contributed by atoms with Crippen LogP contribution >= 0.6 is 0 Å². The fourth-order valence-corrected chi connectivity index (χ4v) is 1.43. The second-order valence-corrected chi connectivity index (χ2v) is 4.14. The summed E-state index contributed by atoms with van der Waals surface area (Å²) in [7, 11) is 0. The minimum Gasteiger partial charge on any atom is -0.396 e. The monoisotopic (exact) mass is 242 g/mol. The van der Waals surface area contributed by atoms with Crippen molar-refractivity contribution in [3.63, 3.8) is 0 Å². The van der Waals surface area contributed by atoms with Gasteiger partial charge < -0.3 is 15.7 Å². The first-order chi connectivity index (χ1) is 7.32. The van der Waals surface area contributed by atoms with E-state index in [2.05, 4.69) is 0 Å². The Morgan fingerprint density at radius 2 is 1.88 bits per heavy atom. The van der Waals surface area contributed by atoms with Gasteiger partial charge in [-0.2, -0.15) is 13.2 Å². The minimum atomic E-state index is -4.25. The summed E-state index contributed by atoms with van der Waals surface area (Å²) < 4.78 is 37.5. The molecular weight excluding hydrogens is 221 g/mol. The zero-order valence-corrected chi connectivity index (χ0v) is 9.80. The number of hydrogen-bond donors (Lipinski definition) is 2. The molecule has 1 atom stereocenters. The molecule has 0 fully saturated rings. The van der Waals surface area contributed by atoms with Gasteiger partial charge in [-0.15, -0.1) is 0 Å². The zero-order chi connectivity index (χ0) is 12.8. The maximum Gasteiger partial charge on any atom is 0.394 e. The smallest absolute Gasteiger partial charge is 0.394 e. The first kappa shape index (κ1) is 15.7. The first-order valence-electron chi connectivity index (χ1n) is 5.44. The summed E-state index contributed by atoms with van der Waals surface area (Å²) in [4.78, 5) is 1.70. The molecule has 0 saturated carbocycles. The lowest BCUT2D eigenvalue weighted by Crippen LogP contribution is -2.44. The van der Waals surface area contributed by atoms with Gasteiger partial charge in [-0.25, -0.2) is 0 Å². The lowest BCUT2D eigenvalue weighted by molar-refractivity contribution is -0.177. The highest BCUT2D eigenvalue weighted by atomic mass is 19.4. The van der Waals surface area contributed by atoms with Crippen molar-refractivity contribution in [3.8, 4) is 0 Å². The molecule has 0 aromatic heterocycles. The van der Waals surface area contributed by atoms with Gasteiger partial charge >= 0.3 is 6.18 Å². The zero-order valence-electron chi connectivity index (χ0n) is 9.80. The van der Waals surface area contributed by atoms with E-state index < -0.39 is 18.6 Å². The van der Waals surface area contributed by atoms with Crippen LogP contribution in [0.2, 0.25) is 0 Å². The fraction of sp³-hybridized carbons (Fsp3) is 1.00. The van der Waals surface area contributed by atoms with Crippen LogP contribution in [0.15, 0.2) is 0 Å². The third-order valence-corrected chi connectivity index (χ3v) is 2.54. The molecule has 0 radical (unpaired) electrons. The van der Waals surface area contributed by atoms with Crippen LogP contribution < -0.4 is 5.73 Å². The van der Waals surface area contributed by atoms with E-state index in [9.17, 15) is 13.2 Å². The molecule has 0 aromatic carbocycles. The Kier molecular flexibility index (Phi) is 6.94. The predicted octanol–water partition coefficient (Wildman–Crippen LogP) is 1.22. The van der Waals surface area contributed by atoms with E-state index in [1.165, 1.54) is 0 Å². The molecule has 6 heteroatoms. The Balaban J connectivity index is 4.35. The quantitative estimate of drug-likeness (QED) is 0.705. The van der Waals surface area contributed by atoms with E-state index in [0.29, 0.717) is 13.0 Å². The van der Waals surface area contributed by atoms with Crippen molar-refractivity contribution >= 4 is 0 Å². The van der Waals surface area contributed by atoms with Gasteiger partial charge in [0.2, 0.25) is 0 Å². The third-order valence-electron chi connectivity index (χ3n) is 2.54. The van der Waals surface area contributed by atoms with Crippen LogP contribution in [0.4, 0.5) is 13.2 Å². The highest BCUT2D eigenvalue weighted by molar-refractivity contribution is 4.75. The summed E-state index contributed by atoms with van der Waals surface area (Å²) in [5.41, 5.74) is 5.14. The molecule has 0 aromatic rings. The predicted molar refractivity (Wildman–Crippen MR) is 57.0 cm³/mol. The van der Waals surface area contributed by atoms with Crippen molar-refractivity contribution in [2.24, 2.45) is 11.7 Å². The molecule has 0 aliphatic carbocycles. The maximum atomic E-state index is 12.5. The maximum absolute atomic E-state index is 12.5. The van der Waals surface area contributed by atoms with Gasteiger partial charge in [0.15, 0.2) is 0 Å². The van der Waals surface area contributed by atoms with Gasteiger partial charge in [0, 0.05) is 32.3 Å². The van der Waals surface area contributed by atoms with E-state index in [4.69, 9.17) is 10.8 Å². The standard InChI is InChI=1S/C10H21F3N2O/c1-8(2)15(4-3-5-16)7-9(6-14)10(11,12)13/h8-9,16H,3-7,14H2,1-2H3. The van der Waals surface area contributed by atoms with Crippen LogP contribution in [0.25, 0.3) is 0 Å². The SMILES string of the molecule is CC(C)N(CCCO)CC(CN)C(F)(F)F. The minimum absolute atomic E-state index is 0.0114. The van der Waals surface area contributed by atoms with Crippen LogP contribution in [0.3, 0.4) is 0 Å². The number of hydrogen-bond acceptors (Lipinski definition) is 3. The molecule has 3 nitrogen and oxygen atoms in total. The molecule has 0 amide bonds. The summed E-state index contributed by atoms with van der Waals surface area (Å²) in [6, 6.07) is 0.0166. The molecular formula is C10H21F3N2O. The van der Waals surface area contributed by atoms with Gasteiger partial charge in [0.1, 0.15) is 0 Å². The van der Waals surface area contributed by atoms with Crippen molar-refractivity contribution in [1.82, 2.24) is 4.90 Å². The number of rotatable bonds is 7. The van der Waals surface area contributed by atoms with Crippen molar-refractivity contribution < 1.29 is 18.3 Å². The number of nitrogens with two attached hydrogens (primary N) is 1. The molecule has 0 heterocycles. The van der Waals surface area contributed by atoms with Gasteiger partial charge in [0.25, 0.3) is 0 Å². The van der Waals surface area contributed by atoms with E-state index >= 15 is 0 Å². The lowest BCUT2D eigenvalue weighted by atomic mass is 10.1. The Hall–Kier alpha value is -0.330. The summed E-state index contributed by atoms with van der Waals surface area (Å²) in [6.07, 6.45) is -3.77. The van der Waals surface area contributed by atoms with Gasteiger partial charge in [-0.05, 0) is 20.3 Å². The van der Waals surface area contributed by atoms with E-state index in [-0.39, 0.29) is 19.2 Å². The van der Waals surface area contributed by atoms with Gasteiger partial charge in [-0.3, -0.25) is 0 Å². The Morgan fingerprint density at radius 1 is 1.31 bits per heavy atom. The van der Waals surface area contributed by atoms with Crippen molar-refractivity contribution in [2.45, 2.75) is 32.5 Å². The second-order valence-electron chi connectivity index (χ2n) is 4.14. The molecule has 0 bridgehead atoms. The first-order valence-corrected chi connectivity index (χ1v) is 5.44. The number of aliphatic hydroxyl groups is 1. The fourth-order valence-electron chi connectivity index (χ4n) is 1.43. The molecule has 0 aliphatic rings. The number of nitrogens with zero attached hydrogens (tertiary/aromatic N) is 1. The summed E-state index contributed by atoms with van der Waals surface area (Å²) in [5.74, 6) is -1.49. The second kappa shape index (κ2) is 7.09. The average molecular weight is 242 g/mol. The van der Waals surface area contributed by atoms with E-state index in [0.717, 1.165) is 0 Å². The van der Waals surface area contributed by atoms with Crippen molar-refractivity contribution in [2.75, 3.05) is 26.2 Å². The summed E-state index contributed by atoms with van der Waals surface area (Å²) in [5, 5.41) is 8.67. The molecule has 3 N–H and O–H groups in total. The van der Waals surface area contributed by atoms with E-state index in [1.807, 2.05) is 13.8 Å². The molecule has 0 aliphatic heterocycles. The molecule has 0 rings (SSSR count). The topological polar surface area (TPSA) is 49.5 Å². The largest absolute Gasteiger partial charge is 0.396 e. The summed E-state index contributed by atoms with van der Waals surface area (Å²) >= 11 is 0. The number of alkyl halides is 3. The number of aliphatic hydroxyl groups excluding tert-OH is 1. The Bertz CT molecular complexity index is 185. The summed E-state index contributed by atoms with van der Waals surface area (Å²) in [6.45, 7) is 3.62. The van der Waals surface area contributed by atoms with Crippen molar-refractivity contribution in [3.05, 3.63) is 0 Å². The van der Waals surface area contributed by atoms with Crippen LogP contribution in [0.5, 0.6) is 0 Å². The Morgan fingerprint density at radius 3 is 2.19 bits per heavy atom. The lowest BCUT2D eigenvalue weighted by Gasteiger charge is -2.31. The third kappa shape index (κ3) is 5.67. The molecule has 1 unspecified atom stereocenters. The molecule has 0 spiro atoms. The molecule has 16 heavy (non-hydrogen) atoms. The molecule has 0 saturated heterocycles. The van der Waals surface area contributed by atoms with Crippen LogP contribution in [0, 0.1) is 5.92 Å². The van der Waals surface area contributed by atoms with E-state index in [1.54, 1.807) is 4.90 Å². The van der Waals surface area contributed by atoms with Gasteiger partial charge in [-0.1, -0.05) is 0 Å². The van der Waals surface area contributed by atoms with Gasteiger partial charge in [0.05, 0.1) is 5.92 Å².